The summed E-state index contributed by atoms with van der Waals surface area (Å²) in [5.41, 5.74) is 2.17. The van der Waals surface area contributed by atoms with Gasteiger partial charge in [0.05, 0.1) is 5.02 Å². The first-order chi connectivity index (χ1) is 9.70. The van der Waals surface area contributed by atoms with Crippen molar-refractivity contribution in [1.82, 2.24) is 10.3 Å². The largest absolute Gasteiger partial charge is 0.320 e. The molecule has 0 radical (unpaired) electrons. The van der Waals surface area contributed by atoms with E-state index in [-0.39, 0.29) is 5.91 Å². The Balaban J connectivity index is 2.13. The molecule has 2 rings (SSSR count). The Morgan fingerprint density at radius 1 is 1.25 bits per heavy atom. The van der Waals surface area contributed by atoms with Crippen LogP contribution in [0.2, 0.25) is 5.02 Å². The standard InChI is InChI=1S/C15H16ClN3O/c1-2-17-9-11-5-3-4-6-13(11)19-15(20)14-8-7-12(16)10-18-14/h3-8,10,17H,2,9H2,1H3,(H,19,20). The van der Waals surface area contributed by atoms with Gasteiger partial charge in [-0.05, 0) is 30.3 Å². The molecule has 2 aromatic rings. The van der Waals surface area contributed by atoms with Gasteiger partial charge in [-0.25, -0.2) is 4.98 Å². The van der Waals surface area contributed by atoms with Crippen LogP contribution in [0.25, 0.3) is 0 Å². The Kier molecular flexibility index (Phi) is 5.09. The summed E-state index contributed by atoms with van der Waals surface area (Å²) in [5.74, 6) is -0.245. The monoisotopic (exact) mass is 289 g/mol. The number of carbonyl (C=O) groups is 1. The molecule has 1 amide bonds. The van der Waals surface area contributed by atoms with Gasteiger partial charge in [0, 0.05) is 18.4 Å². The summed E-state index contributed by atoms with van der Waals surface area (Å²) in [5, 5.41) is 6.62. The lowest BCUT2D eigenvalue weighted by molar-refractivity contribution is 0.102. The molecule has 104 valence electrons. The summed E-state index contributed by atoms with van der Waals surface area (Å²) in [6.45, 7) is 3.63. The Morgan fingerprint density at radius 2 is 2.05 bits per heavy atom. The number of aromatic nitrogens is 1. The van der Waals surface area contributed by atoms with Crippen LogP contribution in [-0.2, 0) is 6.54 Å². The quantitative estimate of drug-likeness (QED) is 0.889. The van der Waals surface area contributed by atoms with Crippen molar-refractivity contribution in [1.29, 1.82) is 0 Å². The maximum absolute atomic E-state index is 12.1. The number of anilines is 1. The summed E-state index contributed by atoms with van der Waals surface area (Å²) in [6, 6.07) is 10.9. The zero-order chi connectivity index (χ0) is 14.4. The molecule has 0 saturated carbocycles. The SMILES string of the molecule is CCNCc1ccccc1NC(=O)c1ccc(Cl)cn1. The van der Waals surface area contributed by atoms with Crippen LogP contribution in [0.1, 0.15) is 23.0 Å². The third-order valence-corrected chi connectivity index (χ3v) is 3.01. The maximum Gasteiger partial charge on any atom is 0.274 e. The topological polar surface area (TPSA) is 54.0 Å². The molecule has 2 N–H and O–H groups in total. The highest BCUT2D eigenvalue weighted by molar-refractivity contribution is 6.30. The van der Waals surface area contributed by atoms with Gasteiger partial charge in [0.2, 0.25) is 0 Å². The normalized spacial score (nSPS) is 10.3. The Hall–Kier alpha value is -1.91. The van der Waals surface area contributed by atoms with Crippen LogP contribution in [0, 0.1) is 0 Å². The number of rotatable bonds is 5. The van der Waals surface area contributed by atoms with E-state index in [1.54, 1.807) is 12.1 Å². The van der Waals surface area contributed by atoms with Crippen molar-refractivity contribution < 1.29 is 4.79 Å². The molecule has 0 saturated heterocycles. The van der Waals surface area contributed by atoms with E-state index in [4.69, 9.17) is 11.6 Å². The lowest BCUT2D eigenvalue weighted by Crippen LogP contribution is -2.17. The Bertz CT molecular complexity index is 584. The maximum atomic E-state index is 12.1. The summed E-state index contributed by atoms with van der Waals surface area (Å²) in [4.78, 5) is 16.1. The first-order valence-corrected chi connectivity index (χ1v) is 6.80. The number of hydrogen-bond acceptors (Lipinski definition) is 3. The van der Waals surface area contributed by atoms with E-state index in [9.17, 15) is 4.79 Å². The predicted octanol–water partition coefficient (Wildman–Crippen LogP) is 3.10. The molecule has 1 heterocycles. The van der Waals surface area contributed by atoms with E-state index in [1.807, 2.05) is 31.2 Å². The van der Waals surface area contributed by atoms with Crippen LogP contribution in [0.3, 0.4) is 0 Å². The molecule has 0 bridgehead atoms. The molecule has 0 atom stereocenters. The summed E-state index contributed by atoms with van der Waals surface area (Å²) in [7, 11) is 0. The zero-order valence-electron chi connectivity index (χ0n) is 11.2. The molecular weight excluding hydrogens is 274 g/mol. The van der Waals surface area contributed by atoms with Gasteiger partial charge in [0.1, 0.15) is 5.69 Å². The number of carbonyl (C=O) groups excluding carboxylic acids is 1. The fourth-order valence-corrected chi connectivity index (χ4v) is 1.86. The Labute approximate surface area is 123 Å². The third-order valence-electron chi connectivity index (χ3n) is 2.79. The number of hydrogen-bond donors (Lipinski definition) is 2. The highest BCUT2D eigenvalue weighted by atomic mass is 35.5. The number of pyridine rings is 1. The summed E-state index contributed by atoms with van der Waals surface area (Å²) >= 11 is 5.76. The van der Waals surface area contributed by atoms with Gasteiger partial charge in [-0.2, -0.15) is 0 Å². The van der Waals surface area contributed by atoms with Crippen LogP contribution >= 0.6 is 11.6 Å². The van der Waals surface area contributed by atoms with Gasteiger partial charge in [-0.3, -0.25) is 4.79 Å². The van der Waals surface area contributed by atoms with Crippen LogP contribution in [0.5, 0.6) is 0 Å². The summed E-state index contributed by atoms with van der Waals surface area (Å²) < 4.78 is 0. The van der Waals surface area contributed by atoms with Crippen LogP contribution in [0.4, 0.5) is 5.69 Å². The molecule has 20 heavy (non-hydrogen) atoms. The highest BCUT2D eigenvalue weighted by Gasteiger charge is 2.09. The smallest absolute Gasteiger partial charge is 0.274 e. The number of halogens is 1. The fourth-order valence-electron chi connectivity index (χ4n) is 1.75. The molecule has 1 aromatic heterocycles. The molecule has 0 aliphatic heterocycles. The van der Waals surface area contributed by atoms with Crippen molar-refractivity contribution in [3.8, 4) is 0 Å². The fraction of sp³-hybridized carbons (Fsp3) is 0.200. The molecule has 0 spiro atoms. The Morgan fingerprint density at radius 3 is 2.75 bits per heavy atom. The molecule has 5 heteroatoms. The molecule has 4 nitrogen and oxygen atoms in total. The molecule has 0 unspecified atom stereocenters. The van der Waals surface area contributed by atoms with Gasteiger partial charge < -0.3 is 10.6 Å². The van der Waals surface area contributed by atoms with Crippen molar-refractivity contribution in [3.05, 3.63) is 58.9 Å². The molecular formula is C15H16ClN3O. The van der Waals surface area contributed by atoms with Crippen molar-refractivity contribution in [2.45, 2.75) is 13.5 Å². The van der Waals surface area contributed by atoms with E-state index in [2.05, 4.69) is 15.6 Å². The van der Waals surface area contributed by atoms with Crippen molar-refractivity contribution in [2.24, 2.45) is 0 Å². The first-order valence-electron chi connectivity index (χ1n) is 6.42. The van der Waals surface area contributed by atoms with Gasteiger partial charge in [-0.1, -0.05) is 36.7 Å². The van der Waals surface area contributed by atoms with E-state index in [0.29, 0.717) is 17.3 Å². The van der Waals surface area contributed by atoms with Gasteiger partial charge in [0.25, 0.3) is 5.91 Å². The minimum Gasteiger partial charge on any atom is -0.320 e. The van der Waals surface area contributed by atoms with Gasteiger partial charge >= 0.3 is 0 Å². The van der Waals surface area contributed by atoms with Crippen LogP contribution < -0.4 is 10.6 Å². The number of para-hydroxylation sites is 1. The minimum absolute atomic E-state index is 0.245. The van der Waals surface area contributed by atoms with Gasteiger partial charge in [0.15, 0.2) is 0 Å². The van der Waals surface area contributed by atoms with Crippen molar-refractivity contribution in [2.75, 3.05) is 11.9 Å². The third kappa shape index (κ3) is 3.79. The second kappa shape index (κ2) is 7.03. The lowest BCUT2D eigenvalue weighted by atomic mass is 10.1. The second-order valence-corrected chi connectivity index (χ2v) is 4.69. The van der Waals surface area contributed by atoms with Crippen LogP contribution in [-0.4, -0.2) is 17.4 Å². The molecule has 0 aliphatic carbocycles. The molecule has 0 aliphatic rings. The van der Waals surface area contributed by atoms with Gasteiger partial charge in [-0.15, -0.1) is 0 Å². The second-order valence-electron chi connectivity index (χ2n) is 4.25. The van der Waals surface area contributed by atoms with Crippen LogP contribution in [0.15, 0.2) is 42.6 Å². The van der Waals surface area contributed by atoms with E-state index < -0.39 is 0 Å². The molecule has 0 fully saturated rings. The minimum atomic E-state index is -0.245. The zero-order valence-corrected chi connectivity index (χ0v) is 11.9. The van der Waals surface area contributed by atoms with E-state index in [0.717, 1.165) is 17.8 Å². The van der Waals surface area contributed by atoms with Crippen molar-refractivity contribution in [3.63, 3.8) is 0 Å². The summed E-state index contributed by atoms with van der Waals surface area (Å²) in [6.07, 6.45) is 1.46. The number of nitrogens with zero attached hydrogens (tertiary/aromatic N) is 1. The predicted molar refractivity (Wildman–Crippen MR) is 81.0 cm³/mol. The average Bonchev–Trinajstić information content (AvgIpc) is 2.47. The molecule has 1 aromatic carbocycles. The first kappa shape index (κ1) is 14.5. The van der Waals surface area contributed by atoms with E-state index >= 15 is 0 Å². The lowest BCUT2D eigenvalue weighted by Gasteiger charge is -2.11. The highest BCUT2D eigenvalue weighted by Crippen LogP contribution is 2.16. The average molecular weight is 290 g/mol. The number of nitrogens with one attached hydrogen (secondary N) is 2. The number of amides is 1. The van der Waals surface area contributed by atoms with Crippen molar-refractivity contribution >= 4 is 23.2 Å². The number of benzene rings is 1. The van der Waals surface area contributed by atoms with E-state index in [1.165, 1.54) is 6.20 Å².